The first kappa shape index (κ1) is 11.7. The molecule has 0 spiro atoms. The summed E-state index contributed by atoms with van der Waals surface area (Å²) in [5.41, 5.74) is 0.704. The van der Waals surface area contributed by atoms with Crippen molar-refractivity contribution in [1.29, 1.82) is 0 Å². The van der Waals surface area contributed by atoms with Crippen LogP contribution < -0.4 is 0 Å². The van der Waals surface area contributed by atoms with Crippen LogP contribution in [-0.2, 0) is 0 Å². The van der Waals surface area contributed by atoms with Crippen molar-refractivity contribution < 1.29 is 0 Å². The van der Waals surface area contributed by atoms with Crippen LogP contribution in [0.5, 0.6) is 0 Å². The molecule has 0 aromatic rings. The molecule has 0 aliphatic rings. The van der Waals surface area contributed by atoms with E-state index in [-0.39, 0.29) is 0 Å². The molecule has 0 fully saturated rings. The zero-order valence-corrected chi connectivity index (χ0v) is 9.44. The summed E-state index contributed by atoms with van der Waals surface area (Å²) >= 11 is 0. The largest absolute Gasteiger partial charge is 0.297 e. The van der Waals surface area contributed by atoms with Crippen LogP contribution in [0.1, 0.15) is 48.0 Å². The van der Waals surface area contributed by atoms with Gasteiger partial charge in [0.25, 0.3) is 0 Å². The molecule has 0 bridgehead atoms. The Balaban J connectivity index is 3.66. The molecule has 0 unspecified atom stereocenters. The summed E-state index contributed by atoms with van der Waals surface area (Å²) in [6.07, 6.45) is 3.13. The molecule has 0 saturated carbocycles. The third-order valence-electron chi connectivity index (χ3n) is 1.40. The van der Waals surface area contributed by atoms with Gasteiger partial charge in [-0.1, -0.05) is 41.5 Å². The van der Waals surface area contributed by atoms with E-state index in [1.165, 1.54) is 0 Å². The topological polar surface area (TPSA) is 12.4 Å². The van der Waals surface area contributed by atoms with Gasteiger partial charge in [0.15, 0.2) is 0 Å². The molecule has 0 saturated heterocycles. The van der Waals surface area contributed by atoms with E-state index in [2.05, 4.69) is 52.7 Å². The monoisotopic (exact) mass is 169 g/mol. The second-order valence-electron chi connectivity index (χ2n) is 5.85. The van der Waals surface area contributed by atoms with Gasteiger partial charge in [-0.25, -0.2) is 0 Å². The number of hydrogen-bond donors (Lipinski definition) is 0. The van der Waals surface area contributed by atoms with Crippen LogP contribution in [0.15, 0.2) is 4.99 Å². The smallest absolute Gasteiger partial charge is 0.0433 e. The fraction of sp³-hybridized carbons (Fsp3) is 0.909. The molecule has 1 heteroatoms. The van der Waals surface area contributed by atoms with Crippen LogP contribution in [0, 0.1) is 10.8 Å². The Labute approximate surface area is 77.3 Å². The van der Waals surface area contributed by atoms with E-state index in [1.54, 1.807) is 0 Å². The van der Waals surface area contributed by atoms with Crippen molar-refractivity contribution in [2.24, 2.45) is 15.8 Å². The van der Waals surface area contributed by atoms with Gasteiger partial charge in [0.1, 0.15) is 0 Å². The van der Waals surface area contributed by atoms with E-state index in [9.17, 15) is 0 Å². The van der Waals surface area contributed by atoms with Gasteiger partial charge in [-0.15, -0.1) is 0 Å². The van der Waals surface area contributed by atoms with Crippen molar-refractivity contribution in [1.82, 2.24) is 0 Å². The maximum Gasteiger partial charge on any atom is 0.0433 e. The van der Waals surface area contributed by atoms with Crippen molar-refractivity contribution in [3.05, 3.63) is 0 Å². The molecule has 0 N–H and O–H groups in total. The maximum absolute atomic E-state index is 4.40. The Hall–Kier alpha value is -0.330. The van der Waals surface area contributed by atoms with Crippen LogP contribution in [0.25, 0.3) is 0 Å². The van der Waals surface area contributed by atoms with E-state index < -0.39 is 0 Å². The van der Waals surface area contributed by atoms with Crippen LogP contribution in [0.2, 0.25) is 0 Å². The lowest BCUT2D eigenvalue weighted by Crippen LogP contribution is -2.10. The first-order valence-electron chi connectivity index (χ1n) is 4.69. The van der Waals surface area contributed by atoms with Crippen LogP contribution in [0.4, 0.5) is 0 Å². The van der Waals surface area contributed by atoms with Crippen molar-refractivity contribution >= 4 is 6.21 Å². The summed E-state index contributed by atoms with van der Waals surface area (Å²) in [5.74, 6) is 0. The first-order chi connectivity index (χ1) is 5.21. The fourth-order valence-corrected chi connectivity index (χ4v) is 0.677. The Bertz CT molecular complexity index is 125. The normalized spacial score (nSPS) is 14.2. The molecular formula is C11H23N. The highest BCUT2D eigenvalue weighted by atomic mass is 14.7. The average molecular weight is 169 g/mol. The molecule has 0 aliphatic carbocycles. The lowest BCUT2D eigenvalue weighted by atomic mass is 9.93. The van der Waals surface area contributed by atoms with Crippen molar-refractivity contribution in [3.63, 3.8) is 0 Å². The molecule has 0 amide bonds. The summed E-state index contributed by atoms with van der Waals surface area (Å²) in [7, 11) is 0. The van der Waals surface area contributed by atoms with Gasteiger partial charge < -0.3 is 0 Å². The molecule has 0 aromatic carbocycles. The van der Waals surface area contributed by atoms with Gasteiger partial charge in [0.2, 0.25) is 0 Å². The van der Waals surface area contributed by atoms with Gasteiger partial charge in [-0.2, -0.15) is 0 Å². The zero-order valence-electron chi connectivity index (χ0n) is 9.44. The number of nitrogens with zero attached hydrogens (tertiary/aromatic N) is 1. The first-order valence-corrected chi connectivity index (χ1v) is 4.69. The molecule has 0 radical (unpaired) electrons. The second kappa shape index (κ2) is 4.06. The van der Waals surface area contributed by atoms with Gasteiger partial charge in [0.05, 0.1) is 0 Å². The molecule has 1 nitrogen and oxygen atoms in total. The highest BCUT2D eigenvalue weighted by molar-refractivity contribution is 5.58. The fourth-order valence-electron chi connectivity index (χ4n) is 0.677. The quantitative estimate of drug-likeness (QED) is 0.561. The zero-order chi connectivity index (χ0) is 9.83. The maximum atomic E-state index is 4.40. The van der Waals surface area contributed by atoms with E-state index in [0.29, 0.717) is 10.8 Å². The highest BCUT2D eigenvalue weighted by Crippen LogP contribution is 2.17. The van der Waals surface area contributed by atoms with Gasteiger partial charge in [-0.05, 0) is 23.5 Å². The number of aliphatic imine (C=N–C) groups is 1. The minimum atomic E-state index is 0.328. The summed E-state index contributed by atoms with van der Waals surface area (Å²) in [4.78, 5) is 4.40. The predicted molar refractivity (Wildman–Crippen MR) is 56.9 cm³/mol. The van der Waals surface area contributed by atoms with Crippen molar-refractivity contribution in [2.75, 3.05) is 6.54 Å². The third-order valence-corrected chi connectivity index (χ3v) is 1.40. The molecule has 0 aliphatic heterocycles. The Kier molecular flexibility index (Phi) is 3.95. The minimum Gasteiger partial charge on any atom is -0.297 e. The Morgan fingerprint density at radius 3 is 1.75 bits per heavy atom. The van der Waals surface area contributed by atoms with E-state index in [1.807, 2.05) is 0 Å². The van der Waals surface area contributed by atoms with E-state index in [0.717, 1.165) is 13.0 Å². The third kappa shape index (κ3) is 9.67. The lowest BCUT2D eigenvalue weighted by molar-refractivity contribution is 0.421. The predicted octanol–water partition coefficient (Wildman–Crippen LogP) is 3.54. The summed E-state index contributed by atoms with van der Waals surface area (Å²) in [5, 5.41) is 0. The minimum absolute atomic E-state index is 0.328. The Morgan fingerprint density at radius 1 is 0.917 bits per heavy atom. The second-order valence-corrected chi connectivity index (χ2v) is 5.85. The van der Waals surface area contributed by atoms with E-state index >= 15 is 0 Å². The molecule has 12 heavy (non-hydrogen) atoms. The van der Waals surface area contributed by atoms with Crippen molar-refractivity contribution in [2.45, 2.75) is 48.0 Å². The molecule has 0 atom stereocenters. The SMILES string of the molecule is CC(C)(C)C/C=N/CC(C)(C)C. The molecule has 72 valence electrons. The molecule has 0 rings (SSSR count). The van der Waals surface area contributed by atoms with Crippen molar-refractivity contribution in [3.8, 4) is 0 Å². The summed E-state index contributed by atoms with van der Waals surface area (Å²) in [6.45, 7) is 14.3. The Morgan fingerprint density at radius 2 is 1.42 bits per heavy atom. The van der Waals surface area contributed by atoms with Gasteiger partial charge in [-0.3, -0.25) is 4.99 Å². The van der Waals surface area contributed by atoms with Crippen LogP contribution >= 0.6 is 0 Å². The lowest BCUT2D eigenvalue weighted by Gasteiger charge is -2.16. The van der Waals surface area contributed by atoms with Crippen LogP contribution in [0.3, 0.4) is 0 Å². The van der Waals surface area contributed by atoms with Gasteiger partial charge >= 0.3 is 0 Å². The molecule has 0 aromatic heterocycles. The highest BCUT2D eigenvalue weighted by Gasteiger charge is 2.09. The van der Waals surface area contributed by atoms with Crippen LogP contribution in [-0.4, -0.2) is 12.8 Å². The summed E-state index contributed by atoms with van der Waals surface area (Å²) < 4.78 is 0. The number of rotatable bonds is 2. The average Bonchev–Trinajstić information content (AvgIpc) is 1.76. The standard InChI is InChI=1S/C11H23N/c1-10(2,3)7-8-12-9-11(4,5)6/h8H,7,9H2,1-6H3/b12-8+. The summed E-state index contributed by atoms with van der Waals surface area (Å²) in [6, 6.07) is 0. The number of hydrogen-bond acceptors (Lipinski definition) is 1. The molecular weight excluding hydrogens is 146 g/mol. The van der Waals surface area contributed by atoms with E-state index in [4.69, 9.17) is 0 Å². The van der Waals surface area contributed by atoms with Gasteiger partial charge in [0, 0.05) is 6.54 Å². The molecule has 0 heterocycles.